The summed E-state index contributed by atoms with van der Waals surface area (Å²) in [6.07, 6.45) is 6.54. The molecule has 1 fully saturated rings. The first-order chi connectivity index (χ1) is 8.84. The molecule has 1 aromatic heterocycles. The van der Waals surface area contributed by atoms with E-state index in [4.69, 9.17) is 10.7 Å². The Labute approximate surface area is 108 Å². The average Bonchev–Trinajstić information content (AvgIpc) is 2.47. The SMILES string of the molecule is NC(c1ccc2ccccc2n1)C1CCCCC1. The van der Waals surface area contributed by atoms with Gasteiger partial charge in [0.15, 0.2) is 0 Å². The van der Waals surface area contributed by atoms with E-state index in [0.717, 1.165) is 11.2 Å². The van der Waals surface area contributed by atoms with E-state index in [-0.39, 0.29) is 6.04 Å². The van der Waals surface area contributed by atoms with Crippen molar-refractivity contribution in [3.05, 3.63) is 42.1 Å². The van der Waals surface area contributed by atoms with Crippen LogP contribution < -0.4 is 5.73 Å². The van der Waals surface area contributed by atoms with Gasteiger partial charge in [0.2, 0.25) is 0 Å². The number of fused-ring (bicyclic) bond motifs is 1. The molecule has 0 radical (unpaired) electrons. The molecule has 2 N–H and O–H groups in total. The van der Waals surface area contributed by atoms with Crippen molar-refractivity contribution in [2.75, 3.05) is 0 Å². The summed E-state index contributed by atoms with van der Waals surface area (Å²) in [4.78, 5) is 4.73. The summed E-state index contributed by atoms with van der Waals surface area (Å²) >= 11 is 0. The second kappa shape index (κ2) is 5.07. The Morgan fingerprint density at radius 2 is 1.78 bits per heavy atom. The van der Waals surface area contributed by atoms with Crippen molar-refractivity contribution in [1.29, 1.82) is 0 Å². The maximum absolute atomic E-state index is 6.40. The average molecular weight is 240 g/mol. The fourth-order valence-electron chi connectivity index (χ4n) is 3.00. The Hall–Kier alpha value is -1.41. The van der Waals surface area contributed by atoms with Crippen molar-refractivity contribution in [3.8, 4) is 0 Å². The van der Waals surface area contributed by atoms with Gasteiger partial charge in [-0.3, -0.25) is 4.98 Å². The van der Waals surface area contributed by atoms with Crippen LogP contribution in [-0.2, 0) is 0 Å². The van der Waals surface area contributed by atoms with Crippen LogP contribution in [0.15, 0.2) is 36.4 Å². The first kappa shape index (κ1) is 11.7. The molecule has 1 atom stereocenters. The van der Waals surface area contributed by atoms with E-state index in [0.29, 0.717) is 5.92 Å². The molecular weight excluding hydrogens is 220 g/mol. The van der Waals surface area contributed by atoms with E-state index in [1.54, 1.807) is 0 Å². The molecule has 1 aliphatic rings. The zero-order chi connectivity index (χ0) is 12.4. The van der Waals surface area contributed by atoms with Gasteiger partial charge in [0.1, 0.15) is 0 Å². The van der Waals surface area contributed by atoms with Crippen molar-refractivity contribution in [2.24, 2.45) is 11.7 Å². The van der Waals surface area contributed by atoms with Crippen LogP contribution in [0, 0.1) is 5.92 Å². The number of pyridine rings is 1. The van der Waals surface area contributed by atoms with Gasteiger partial charge in [-0.05, 0) is 30.9 Å². The molecule has 1 unspecified atom stereocenters. The maximum atomic E-state index is 6.40. The van der Waals surface area contributed by atoms with E-state index < -0.39 is 0 Å². The third kappa shape index (κ3) is 2.25. The van der Waals surface area contributed by atoms with Crippen molar-refractivity contribution >= 4 is 10.9 Å². The Morgan fingerprint density at radius 3 is 2.61 bits per heavy atom. The number of para-hydroxylation sites is 1. The second-order valence-electron chi connectivity index (χ2n) is 5.35. The molecule has 2 nitrogen and oxygen atoms in total. The van der Waals surface area contributed by atoms with Gasteiger partial charge >= 0.3 is 0 Å². The number of aromatic nitrogens is 1. The monoisotopic (exact) mass is 240 g/mol. The van der Waals surface area contributed by atoms with E-state index in [1.807, 2.05) is 12.1 Å². The van der Waals surface area contributed by atoms with Gasteiger partial charge in [-0.2, -0.15) is 0 Å². The molecule has 1 aliphatic carbocycles. The number of nitrogens with two attached hydrogens (primary N) is 1. The largest absolute Gasteiger partial charge is 0.322 e. The summed E-state index contributed by atoms with van der Waals surface area (Å²) in [6.45, 7) is 0. The summed E-state index contributed by atoms with van der Waals surface area (Å²) in [5.41, 5.74) is 8.51. The molecule has 0 amide bonds. The van der Waals surface area contributed by atoms with Gasteiger partial charge in [-0.25, -0.2) is 0 Å². The summed E-state index contributed by atoms with van der Waals surface area (Å²) in [7, 11) is 0. The van der Waals surface area contributed by atoms with Crippen LogP contribution in [0.1, 0.15) is 43.8 Å². The van der Waals surface area contributed by atoms with Gasteiger partial charge in [0.05, 0.1) is 11.2 Å². The topological polar surface area (TPSA) is 38.9 Å². The van der Waals surface area contributed by atoms with Crippen LogP contribution in [0.4, 0.5) is 0 Å². The van der Waals surface area contributed by atoms with Gasteiger partial charge in [-0.1, -0.05) is 43.5 Å². The predicted octanol–water partition coefficient (Wildman–Crippen LogP) is 3.81. The van der Waals surface area contributed by atoms with Crippen molar-refractivity contribution < 1.29 is 0 Å². The highest BCUT2D eigenvalue weighted by molar-refractivity contribution is 5.78. The first-order valence-corrected chi connectivity index (χ1v) is 6.96. The van der Waals surface area contributed by atoms with Crippen LogP contribution in [0.5, 0.6) is 0 Å². The molecule has 0 spiro atoms. The third-order valence-electron chi connectivity index (χ3n) is 4.12. The van der Waals surface area contributed by atoms with Gasteiger partial charge in [0, 0.05) is 11.4 Å². The first-order valence-electron chi connectivity index (χ1n) is 6.96. The van der Waals surface area contributed by atoms with Crippen LogP contribution in [0.2, 0.25) is 0 Å². The number of nitrogens with zero attached hydrogens (tertiary/aromatic N) is 1. The molecular formula is C16H20N2. The minimum absolute atomic E-state index is 0.106. The zero-order valence-electron chi connectivity index (χ0n) is 10.7. The standard InChI is InChI=1S/C16H20N2/c17-16(13-7-2-1-3-8-13)15-11-10-12-6-4-5-9-14(12)18-15/h4-6,9-11,13,16H,1-3,7-8,17H2. The lowest BCUT2D eigenvalue weighted by Gasteiger charge is -2.27. The van der Waals surface area contributed by atoms with Crippen LogP contribution >= 0.6 is 0 Å². The molecule has 2 heteroatoms. The predicted molar refractivity (Wildman–Crippen MR) is 75.2 cm³/mol. The maximum Gasteiger partial charge on any atom is 0.0706 e. The normalized spacial score (nSPS) is 18.9. The highest BCUT2D eigenvalue weighted by Crippen LogP contribution is 2.32. The van der Waals surface area contributed by atoms with Crippen molar-refractivity contribution in [1.82, 2.24) is 4.98 Å². The van der Waals surface area contributed by atoms with Gasteiger partial charge in [-0.15, -0.1) is 0 Å². The molecule has 0 aliphatic heterocycles. The lowest BCUT2D eigenvalue weighted by molar-refractivity contribution is 0.305. The summed E-state index contributed by atoms with van der Waals surface area (Å²) < 4.78 is 0. The Morgan fingerprint density at radius 1 is 1.00 bits per heavy atom. The lowest BCUT2D eigenvalue weighted by atomic mass is 9.83. The fraction of sp³-hybridized carbons (Fsp3) is 0.438. The molecule has 94 valence electrons. The Kier molecular flexibility index (Phi) is 3.28. The lowest BCUT2D eigenvalue weighted by Crippen LogP contribution is -2.24. The van der Waals surface area contributed by atoms with Crippen LogP contribution in [0.25, 0.3) is 10.9 Å². The molecule has 2 aromatic rings. The molecule has 18 heavy (non-hydrogen) atoms. The highest BCUT2D eigenvalue weighted by Gasteiger charge is 2.22. The zero-order valence-corrected chi connectivity index (χ0v) is 10.7. The number of hydrogen-bond donors (Lipinski definition) is 1. The fourth-order valence-corrected chi connectivity index (χ4v) is 3.00. The molecule has 0 saturated heterocycles. The number of benzene rings is 1. The highest BCUT2D eigenvalue weighted by atomic mass is 14.8. The number of rotatable bonds is 2. The van der Waals surface area contributed by atoms with E-state index >= 15 is 0 Å². The summed E-state index contributed by atoms with van der Waals surface area (Å²) in [5, 5.41) is 1.19. The number of hydrogen-bond acceptors (Lipinski definition) is 2. The smallest absolute Gasteiger partial charge is 0.0706 e. The van der Waals surface area contributed by atoms with Gasteiger partial charge in [0.25, 0.3) is 0 Å². The van der Waals surface area contributed by atoms with E-state index in [2.05, 4.69) is 24.3 Å². The van der Waals surface area contributed by atoms with Crippen LogP contribution in [-0.4, -0.2) is 4.98 Å². The minimum atomic E-state index is 0.106. The third-order valence-corrected chi connectivity index (χ3v) is 4.12. The molecule has 3 rings (SSSR count). The molecule has 0 bridgehead atoms. The van der Waals surface area contributed by atoms with Crippen molar-refractivity contribution in [2.45, 2.75) is 38.1 Å². The Balaban J connectivity index is 1.88. The quantitative estimate of drug-likeness (QED) is 0.866. The Bertz CT molecular complexity index is 529. The summed E-state index contributed by atoms with van der Waals surface area (Å²) in [5.74, 6) is 0.618. The molecule has 1 heterocycles. The second-order valence-corrected chi connectivity index (χ2v) is 5.35. The molecule has 1 saturated carbocycles. The minimum Gasteiger partial charge on any atom is -0.322 e. The molecule has 1 aromatic carbocycles. The van der Waals surface area contributed by atoms with Gasteiger partial charge < -0.3 is 5.73 Å². The van der Waals surface area contributed by atoms with E-state index in [1.165, 1.54) is 37.5 Å². The van der Waals surface area contributed by atoms with Crippen molar-refractivity contribution in [3.63, 3.8) is 0 Å². The summed E-state index contributed by atoms with van der Waals surface area (Å²) in [6, 6.07) is 12.6. The van der Waals surface area contributed by atoms with E-state index in [9.17, 15) is 0 Å². The van der Waals surface area contributed by atoms with Crippen LogP contribution in [0.3, 0.4) is 0 Å².